The molecule has 0 spiro atoms. The summed E-state index contributed by atoms with van der Waals surface area (Å²) < 4.78 is 11.3. The van der Waals surface area contributed by atoms with E-state index in [1.54, 1.807) is 24.7 Å². The molecule has 1 N–H and O–H groups in total. The summed E-state index contributed by atoms with van der Waals surface area (Å²) in [5.41, 5.74) is 3.73. The predicted molar refractivity (Wildman–Crippen MR) is 101 cm³/mol. The highest BCUT2D eigenvalue weighted by Crippen LogP contribution is 2.31. The molecule has 0 saturated heterocycles. The maximum Gasteiger partial charge on any atom is 0.272 e. The molecule has 0 aliphatic rings. The number of pyridine rings is 1. The lowest BCUT2D eigenvalue weighted by Gasteiger charge is -2.11. The standard InChI is InChI=1S/C19H15N3O3.CH4/c1-11-9-13(25-19-15-6-8-24-16(15)5-7-20-19)3-4-14(11)17-12(2)10-21-22-18(17)23;/h3-10H,1-2H3,(H,22,23);1H4. The quantitative estimate of drug-likeness (QED) is 0.583. The van der Waals surface area contributed by atoms with Gasteiger partial charge >= 0.3 is 0 Å². The first kappa shape index (κ1) is 17.4. The Bertz CT molecular complexity index is 1130. The normalized spacial score (nSPS) is 10.5. The summed E-state index contributed by atoms with van der Waals surface area (Å²) in [5, 5.41) is 7.11. The average Bonchev–Trinajstić information content (AvgIpc) is 3.06. The van der Waals surface area contributed by atoms with Crippen LogP contribution in [0.2, 0.25) is 0 Å². The topological polar surface area (TPSA) is 81.0 Å². The molecule has 26 heavy (non-hydrogen) atoms. The van der Waals surface area contributed by atoms with E-state index >= 15 is 0 Å². The molecule has 1 aromatic carbocycles. The molecule has 4 rings (SSSR count). The number of hydrogen-bond donors (Lipinski definition) is 1. The molecule has 0 saturated carbocycles. The van der Waals surface area contributed by atoms with Gasteiger partial charge in [0.25, 0.3) is 5.56 Å². The van der Waals surface area contributed by atoms with Gasteiger partial charge < -0.3 is 9.15 Å². The Labute approximate surface area is 150 Å². The number of benzene rings is 1. The zero-order valence-corrected chi connectivity index (χ0v) is 13.7. The number of aryl methyl sites for hydroxylation is 2. The molecule has 0 aliphatic heterocycles. The van der Waals surface area contributed by atoms with Gasteiger partial charge in [-0.15, -0.1) is 0 Å². The fourth-order valence-electron chi connectivity index (χ4n) is 2.86. The van der Waals surface area contributed by atoms with Gasteiger partial charge in [0.2, 0.25) is 5.88 Å². The third-order valence-corrected chi connectivity index (χ3v) is 4.07. The molecule has 0 atom stereocenters. The number of ether oxygens (including phenoxy) is 1. The molecule has 0 fully saturated rings. The lowest BCUT2D eigenvalue weighted by Crippen LogP contribution is -2.12. The number of furan rings is 1. The van der Waals surface area contributed by atoms with Crippen LogP contribution in [0.1, 0.15) is 18.6 Å². The first-order chi connectivity index (χ1) is 12.1. The highest BCUT2D eigenvalue weighted by molar-refractivity contribution is 5.82. The van der Waals surface area contributed by atoms with Crippen molar-refractivity contribution < 1.29 is 9.15 Å². The van der Waals surface area contributed by atoms with Crippen LogP contribution < -0.4 is 10.3 Å². The molecule has 0 aliphatic carbocycles. The fraction of sp³-hybridized carbons (Fsp3) is 0.150. The molecule has 3 heterocycles. The number of rotatable bonds is 3. The molecule has 0 amide bonds. The fourth-order valence-corrected chi connectivity index (χ4v) is 2.86. The number of aromatic nitrogens is 3. The van der Waals surface area contributed by atoms with E-state index in [0.717, 1.165) is 27.7 Å². The van der Waals surface area contributed by atoms with E-state index < -0.39 is 0 Å². The van der Waals surface area contributed by atoms with Crippen molar-refractivity contribution in [1.29, 1.82) is 0 Å². The molecular formula is C20H19N3O3. The molecule has 0 bridgehead atoms. The van der Waals surface area contributed by atoms with E-state index in [4.69, 9.17) is 9.15 Å². The van der Waals surface area contributed by atoms with Crippen LogP contribution in [0, 0.1) is 13.8 Å². The minimum Gasteiger partial charge on any atom is -0.464 e. The Kier molecular flexibility index (Phi) is 4.58. The van der Waals surface area contributed by atoms with Crippen molar-refractivity contribution in [1.82, 2.24) is 15.2 Å². The number of hydrogen-bond acceptors (Lipinski definition) is 5. The number of H-pyrrole nitrogens is 1. The van der Waals surface area contributed by atoms with E-state index in [1.807, 2.05) is 38.1 Å². The third-order valence-electron chi connectivity index (χ3n) is 4.07. The highest BCUT2D eigenvalue weighted by atomic mass is 16.5. The van der Waals surface area contributed by atoms with Crippen molar-refractivity contribution in [3.05, 3.63) is 70.5 Å². The first-order valence-electron chi connectivity index (χ1n) is 7.79. The Balaban J connectivity index is 0.00000196. The summed E-state index contributed by atoms with van der Waals surface area (Å²) in [6.07, 6.45) is 4.89. The van der Waals surface area contributed by atoms with Crippen molar-refractivity contribution >= 4 is 11.0 Å². The van der Waals surface area contributed by atoms with Crippen LogP contribution in [0.25, 0.3) is 22.1 Å². The summed E-state index contributed by atoms with van der Waals surface area (Å²) in [6, 6.07) is 9.18. The second-order valence-electron chi connectivity index (χ2n) is 5.78. The van der Waals surface area contributed by atoms with Gasteiger partial charge in [-0.2, -0.15) is 5.10 Å². The van der Waals surface area contributed by atoms with Gasteiger partial charge in [0.15, 0.2) is 0 Å². The molecule has 6 heteroatoms. The van der Waals surface area contributed by atoms with Crippen molar-refractivity contribution in [2.24, 2.45) is 0 Å². The number of aromatic amines is 1. The minimum atomic E-state index is -0.207. The SMILES string of the molecule is C.Cc1cc(Oc2nccc3occc23)ccc1-c1c(C)cn[nH]c1=O. The van der Waals surface area contributed by atoms with Crippen molar-refractivity contribution in [2.45, 2.75) is 21.3 Å². The Morgan fingerprint density at radius 1 is 1.12 bits per heavy atom. The monoisotopic (exact) mass is 349 g/mol. The largest absolute Gasteiger partial charge is 0.464 e. The maximum atomic E-state index is 12.1. The van der Waals surface area contributed by atoms with Crippen LogP contribution in [0.15, 0.2) is 58.2 Å². The van der Waals surface area contributed by atoms with Crippen LogP contribution in [0.3, 0.4) is 0 Å². The minimum absolute atomic E-state index is 0. The molecule has 0 radical (unpaired) electrons. The van der Waals surface area contributed by atoms with Gasteiger partial charge in [0.05, 0.1) is 23.4 Å². The van der Waals surface area contributed by atoms with Crippen LogP contribution in [-0.2, 0) is 0 Å². The summed E-state index contributed by atoms with van der Waals surface area (Å²) in [5.74, 6) is 1.13. The first-order valence-corrected chi connectivity index (χ1v) is 7.79. The Morgan fingerprint density at radius 3 is 2.73 bits per heavy atom. The second-order valence-corrected chi connectivity index (χ2v) is 5.78. The van der Waals surface area contributed by atoms with Crippen molar-refractivity contribution in [3.63, 3.8) is 0 Å². The van der Waals surface area contributed by atoms with Crippen LogP contribution in [0.4, 0.5) is 0 Å². The Morgan fingerprint density at radius 2 is 1.96 bits per heavy atom. The van der Waals surface area contributed by atoms with Crippen molar-refractivity contribution in [2.75, 3.05) is 0 Å². The van der Waals surface area contributed by atoms with E-state index in [9.17, 15) is 4.79 Å². The molecule has 0 unspecified atom stereocenters. The van der Waals surface area contributed by atoms with E-state index in [1.165, 1.54) is 0 Å². The van der Waals surface area contributed by atoms with E-state index in [-0.39, 0.29) is 13.0 Å². The second kappa shape index (κ2) is 6.84. The predicted octanol–water partition coefficient (Wildman–Crippen LogP) is 4.62. The van der Waals surface area contributed by atoms with Gasteiger partial charge in [-0.05, 0) is 54.8 Å². The smallest absolute Gasteiger partial charge is 0.272 e. The summed E-state index contributed by atoms with van der Waals surface area (Å²) in [6.45, 7) is 3.80. The zero-order chi connectivity index (χ0) is 17.4. The maximum absolute atomic E-state index is 12.1. The zero-order valence-electron chi connectivity index (χ0n) is 13.7. The lowest BCUT2D eigenvalue weighted by atomic mass is 9.99. The van der Waals surface area contributed by atoms with Gasteiger partial charge in [-0.3, -0.25) is 4.79 Å². The van der Waals surface area contributed by atoms with Gasteiger partial charge in [0, 0.05) is 6.20 Å². The Hall–Kier alpha value is -3.41. The van der Waals surface area contributed by atoms with E-state index in [0.29, 0.717) is 17.2 Å². The molecule has 6 nitrogen and oxygen atoms in total. The number of nitrogens with one attached hydrogen (secondary N) is 1. The average molecular weight is 349 g/mol. The van der Waals surface area contributed by atoms with Gasteiger partial charge in [-0.25, -0.2) is 10.1 Å². The van der Waals surface area contributed by atoms with Gasteiger partial charge in [0.1, 0.15) is 11.3 Å². The van der Waals surface area contributed by atoms with E-state index in [2.05, 4.69) is 15.2 Å². The lowest BCUT2D eigenvalue weighted by molar-refractivity contribution is 0.468. The number of nitrogens with zero attached hydrogens (tertiary/aromatic N) is 2. The van der Waals surface area contributed by atoms with Crippen LogP contribution >= 0.6 is 0 Å². The summed E-state index contributed by atoms with van der Waals surface area (Å²) >= 11 is 0. The van der Waals surface area contributed by atoms with Gasteiger partial charge in [-0.1, -0.05) is 13.5 Å². The summed E-state index contributed by atoms with van der Waals surface area (Å²) in [4.78, 5) is 16.4. The van der Waals surface area contributed by atoms with Crippen LogP contribution in [0.5, 0.6) is 11.6 Å². The molecular weight excluding hydrogens is 330 g/mol. The molecule has 132 valence electrons. The highest BCUT2D eigenvalue weighted by Gasteiger charge is 2.12. The van der Waals surface area contributed by atoms with Crippen molar-refractivity contribution in [3.8, 4) is 22.8 Å². The summed E-state index contributed by atoms with van der Waals surface area (Å²) in [7, 11) is 0. The molecule has 4 aromatic rings. The third kappa shape index (κ3) is 2.97. The van der Waals surface area contributed by atoms with Crippen LogP contribution in [-0.4, -0.2) is 15.2 Å². The molecule has 3 aromatic heterocycles. The number of fused-ring (bicyclic) bond motifs is 1.